The van der Waals surface area contributed by atoms with Gasteiger partial charge < -0.3 is 5.11 Å². The van der Waals surface area contributed by atoms with Crippen LogP contribution in [0.25, 0.3) is 0 Å². The molecular weight excluding hydrogens is 286 g/mol. The van der Waals surface area contributed by atoms with Gasteiger partial charge in [-0.1, -0.05) is 24.3 Å². The molecule has 0 saturated heterocycles. The number of sulfonamides is 1. The summed E-state index contributed by atoms with van der Waals surface area (Å²) in [5, 5.41) is 8.87. The first-order valence-corrected chi connectivity index (χ1v) is 8.21. The lowest BCUT2D eigenvalue weighted by molar-refractivity contribution is 0.299. The summed E-state index contributed by atoms with van der Waals surface area (Å²) in [6.07, 6.45) is 0.519. The molecule has 0 aromatic heterocycles. The van der Waals surface area contributed by atoms with E-state index in [2.05, 4.69) is 4.72 Å². The van der Waals surface area contributed by atoms with E-state index in [1.165, 1.54) is 0 Å². The molecule has 0 bridgehead atoms. The minimum absolute atomic E-state index is 0.0484. The Morgan fingerprint density at radius 2 is 1.71 bits per heavy atom. The molecule has 112 valence electrons. The van der Waals surface area contributed by atoms with Crippen LogP contribution in [0.2, 0.25) is 0 Å². The summed E-state index contributed by atoms with van der Waals surface area (Å²) < 4.78 is 27.4. The third-order valence-electron chi connectivity index (χ3n) is 3.48. The van der Waals surface area contributed by atoms with Crippen LogP contribution in [-0.2, 0) is 16.4 Å². The summed E-state index contributed by atoms with van der Waals surface area (Å²) in [5.41, 5.74) is 3.45. The molecule has 0 heterocycles. The highest BCUT2D eigenvalue weighted by Crippen LogP contribution is 2.22. The summed E-state index contributed by atoms with van der Waals surface area (Å²) in [7, 11) is -3.60. The number of hydrogen-bond acceptors (Lipinski definition) is 3. The number of rotatable bonds is 5. The largest absolute Gasteiger partial charge is 0.396 e. The van der Waals surface area contributed by atoms with E-state index in [0.717, 1.165) is 16.7 Å². The molecule has 0 spiro atoms. The Labute approximate surface area is 125 Å². The van der Waals surface area contributed by atoms with Crippen LogP contribution in [-0.4, -0.2) is 20.1 Å². The Morgan fingerprint density at radius 3 is 2.33 bits per heavy atom. The van der Waals surface area contributed by atoms with E-state index >= 15 is 0 Å². The Balaban J connectivity index is 2.27. The van der Waals surface area contributed by atoms with Crippen LogP contribution in [0.5, 0.6) is 0 Å². The van der Waals surface area contributed by atoms with Crippen molar-refractivity contribution in [2.75, 3.05) is 11.3 Å². The standard InChI is InChI=1S/C16H19NO3S/c1-12-4-3-5-16(13(12)2)17-21(19,20)15-8-6-14(7-9-15)10-11-18/h3-9,17-18H,10-11H2,1-2H3. The molecule has 0 radical (unpaired) electrons. The van der Waals surface area contributed by atoms with Crippen LogP contribution in [0.15, 0.2) is 47.4 Å². The van der Waals surface area contributed by atoms with E-state index in [4.69, 9.17) is 5.11 Å². The van der Waals surface area contributed by atoms with Gasteiger partial charge in [0.25, 0.3) is 10.0 Å². The number of nitrogens with one attached hydrogen (secondary N) is 1. The van der Waals surface area contributed by atoms with Crippen molar-refractivity contribution in [3.8, 4) is 0 Å². The van der Waals surface area contributed by atoms with Crippen LogP contribution in [0.3, 0.4) is 0 Å². The molecule has 0 fully saturated rings. The average molecular weight is 305 g/mol. The second-order valence-corrected chi connectivity index (χ2v) is 6.65. The minimum atomic E-state index is -3.60. The number of aliphatic hydroxyl groups excluding tert-OH is 1. The van der Waals surface area contributed by atoms with Crippen LogP contribution in [0.1, 0.15) is 16.7 Å². The highest BCUT2D eigenvalue weighted by molar-refractivity contribution is 7.92. The molecule has 0 aliphatic carbocycles. The lowest BCUT2D eigenvalue weighted by Gasteiger charge is -2.12. The van der Waals surface area contributed by atoms with Crippen molar-refractivity contribution in [2.24, 2.45) is 0 Å². The molecule has 0 aliphatic rings. The van der Waals surface area contributed by atoms with Crippen molar-refractivity contribution >= 4 is 15.7 Å². The van der Waals surface area contributed by atoms with Crippen molar-refractivity contribution in [1.82, 2.24) is 0 Å². The summed E-state index contributed by atoms with van der Waals surface area (Å²) in [6, 6.07) is 12.1. The maximum absolute atomic E-state index is 12.4. The molecular formula is C16H19NO3S. The molecule has 0 aliphatic heterocycles. The van der Waals surface area contributed by atoms with Crippen LogP contribution in [0, 0.1) is 13.8 Å². The Bertz CT molecular complexity index is 722. The van der Waals surface area contributed by atoms with Crippen molar-refractivity contribution in [2.45, 2.75) is 25.2 Å². The second kappa shape index (κ2) is 6.28. The lowest BCUT2D eigenvalue weighted by atomic mass is 10.1. The number of anilines is 1. The van der Waals surface area contributed by atoms with Crippen molar-refractivity contribution in [1.29, 1.82) is 0 Å². The number of hydrogen-bond donors (Lipinski definition) is 2. The molecule has 0 atom stereocenters. The zero-order valence-electron chi connectivity index (χ0n) is 12.1. The van der Waals surface area contributed by atoms with E-state index in [1.807, 2.05) is 26.0 Å². The Kier molecular flexibility index (Phi) is 4.65. The quantitative estimate of drug-likeness (QED) is 0.892. The van der Waals surface area contributed by atoms with E-state index in [9.17, 15) is 8.42 Å². The van der Waals surface area contributed by atoms with Gasteiger partial charge in [0.15, 0.2) is 0 Å². The van der Waals surface area contributed by atoms with E-state index < -0.39 is 10.0 Å². The Hall–Kier alpha value is -1.85. The smallest absolute Gasteiger partial charge is 0.261 e. The fourth-order valence-electron chi connectivity index (χ4n) is 2.03. The van der Waals surface area contributed by atoms with Crippen LogP contribution < -0.4 is 4.72 Å². The van der Waals surface area contributed by atoms with E-state index in [0.29, 0.717) is 12.1 Å². The third-order valence-corrected chi connectivity index (χ3v) is 4.86. The summed E-state index contributed by atoms with van der Waals surface area (Å²) in [4.78, 5) is 0.213. The summed E-state index contributed by atoms with van der Waals surface area (Å²) in [6.45, 7) is 3.88. The molecule has 2 aromatic rings. The van der Waals surface area contributed by atoms with Crippen molar-refractivity contribution < 1.29 is 13.5 Å². The SMILES string of the molecule is Cc1cccc(NS(=O)(=O)c2ccc(CCO)cc2)c1C. The second-order valence-electron chi connectivity index (χ2n) is 4.97. The first-order valence-electron chi connectivity index (χ1n) is 6.73. The molecule has 2 N–H and O–H groups in total. The van der Waals surface area contributed by atoms with E-state index in [1.54, 1.807) is 30.3 Å². The van der Waals surface area contributed by atoms with Gasteiger partial charge in [-0.05, 0) is 55.2 Å². The molecule has 4 nitrogen and oxygen atoms in total. The number of benzene rings is 2. The fraction of sp³-hybridized carbons (Fsp3) is 0.250. The number of aryl methyl sites for hydroxylation is 1. The third kappa shape index (κ3) is 3.62. The zero-order valence-corrected chi connectivity index (χ0v) is 12.9. The van der Waals surface area contributed by atoms with Crippen LogP contribution in [0.4, 0.5) is 5.69 Å². The monoisotopic (exact) mass is 305 g/mol. The summed E-state index contributed by atoms with van der Waals surface area (Å²) in [5.74, 6) is 0. The van der Waals surface area contributed by atoms with E-state index in [-0.39, 0.29) is 11.5 Å². The van der Waals surface area contributed by atoms with Gasteiger partial charge in [-0.15, -0.1) is 0 Å². The van der Waals surface area contributed by atoms with Gasteiger partial charge in [0.1, 0.15) is 0 Å². The fourth-order valence-corrected chi connectivity index (χ4v) is 3.15. The average Bonchev–Trinajstić information content (AvgIpc) is 2.45. The number of aliphatic hydroxyl groups is 1. The van der Waals surface area contributed by atoms with Gasteiger partial charge in [-0.2, -0.15) is 0 Å². The van der Waals surface area contributed by atoms with Gasteiger partial charge >= 0.3 is 0 Å². The maximum atomic E-state index is 12.4. The molecule has 0 amide bonds. The molecule has 21 heavy (non-hydrogen) atoms. The zero-order chi connectivity index (χ0) is 15.5. The van der Waals surface area contributed by atoms with Crippen molar-refractivity contribution in [3.05, 3.63) is 59.2 Å². The topological polar surface area (TPSA) is 66.4 Å². The minimum Gasteiger partial charge on any atom is -0.396 e. The first kappa shape index (κ1) is 15.5. The molecule has 0 saturated carbocycles. The Morgan fingerprint density at radius 1 is 1.05 bits per heavy atom. The normalized spacial score (nSPS) is 11.4. The molecule has 2 rings (SSSR count). The van der Waals surface area contributed by atoms with Gasteiger partial charge in [0.05, 0.1) is 10.6 Å². The summed E-state index contributed by atoms with van der Waals surface area (Å²) >= 11 is 0. The van der Waals surface area contributed by atoms with Crippen LogP contribution >= 0.6 is 0 Å². The van der Waals surface area contributed by atoms with Crippen molar-refractivity contribution in [3.63, 3.8) is 0 Å². The van der Waals surface area contributed by atoms with Gasteiger partial charge in [0.2, 0.25) is 0 Å². The molecule has 5 heteroatoms. The first-order chi connectivity index (χ1) is 9.94. The maximum Gasteiger partial charge on any atom is 0.261 e. The van der Waals surface area contributed by atoms with Gasteiger partial charge in [0, 0.05) is 6.61 Å². The predicted octanol–water partition coefficient (Wildman–Crippen LogP) is 2.64. The lowest BCUT2D eigenvalue weighted by Crippen LogP contribution is -2.14. The van der Waals surface area contributed by atoms with Gasteiger partial charge in [-0.3, -0.25) is 4.72 Å². The molecule has 0 unspecified atom stereocenters. The predicted molar refractivity (Wildman–Crippen MR) is 84.0 cm³/mol. The highest BCUT2D eigenvalue weighted by Gasteiger charge is 2.15. The highest BCUT2D eigenvalue weighted by atomic mass is 32.2. The molecule has 2 aromatic carbocycles. The van der Waals surface area contributed by atoms with Gasteiger partial charge in [-0.25, -0.2) is 8.42 Å².